The number of carboxylic acid groups (broad SMARTS) is 1. The molecule has 1 amide bonds. The Kier molecular flexibility index (Phi) is 7.54. The van der Waals surface area contributed by atoms with Gasteiger partial charge in [-0.1, -0.05) is 6.92 Å². The van der Waals surface area contributed by atoms with Gasteiger partial charge in [-0.05, 0) is 37.8 Å². The lowest BCUT2D eigenvalue weighted by atomic mass is 9.85. The molecule has 0 aromatic rings. The topological polar surface area (TPSA) is 87.7 Å². The molecule has 1 fully saturated rings. The van der Waals surface area contributed by atoms with E-state index in [-0.39, 0.29) is 18.2 Å². The molecular formula is C14H26N2O4. The average molecular weight is 286 g/mol. The zero-order valence-corrected chi connectivity index (χ0v) is 12.4. The summed E-state index contributed by atoms with van der Waals surface area (Å²) < 4.78 is 4.86. The smallest absolute Gasteiger partial charge is 0.326 e. The average Bonchev–Trinajstić information content (AvgIpc) is 2.44. The van der Waals surface area contributed by atoms with Crippen LogP contribution in [0.5, 0.6) is 0 Å². The third kappa shape index (κ3) is 5.88. The van der Waals surface area contributed by atoms with Crippen molar-refractivity contribution in [3.63, 3.8) is 0 Å². The first-order valence-electron chi connectivity index (χ1n) is 7.26. The van der Waals surface area contributed by atoms with E-state index in [4.69, 9.17) is 9.84 Å². The minimum atomic E-state index is -1.01. The van der Waals surface area contributed by atoms with Gasteiger partial charge in [0.05, 0.1) is 0 Å². The van der Waals surface area contributed by atoms with Crippen molar-refractivity contribution in [2.45, 2.75) is 38.6 Å². The van der Waals surface area contributed by atoms with Crippen molar-refractivity contribution in [3.05, 3.63) is 0 Å². The van der Waals surface area contributed by atoms with Crippen LogP contribution in [0.3, 0.4) is 0 Å². The zero-order valence-electron chi connectivity index (χ0n) is 12.4. The number of rotatable bonds is 8. The molecular weight excluding hydrogens is 260 g/mol. The Bertz CT molecular complexity index is 316. The van der Waals surface area contributed by atoms with Crippen LogP contribution in [0.4, 0.5) is 0 Å². The number of carbonyl (C=O) groups excluding carboxylic acids is 1. The Morgan fingerprint density at radius 2 is 2.25 bits per heavy atom. The molecule has 20 heavy (non-hydrogen) atoms. The maximum absolute atomic E-state index is 11.9. The van der Waals surface area contributed by atoms with Gasteiger partial charge in [-0.2, -0.15) is 0 Å². The highest BCUT2D eigenvalue weighted by Gasteiger charge is 2.24. The third-order valence-electron chi connectivity index (χ3n) is 3.89. The summed E-state index contributed by atoms with van der Waals surface area (Å²) in [5, 5.41) is 15.0. The fourth-order valence-electron chi connectivity index (χ4n) is 2.57. The van der Waals surface area contributed by atoms with E-state index in [1.165, 1.54) is 7.11 Å². The molecule has 6 nitrogen and oxygen atoms in total. The van der Waals surface area contributed by atoms with Gasteiger partial charge in [-0.25, -0.2) is 4.79 Å². The summed E-state index contributed by atoms with van der Waals surface area (Å²) in [7, 11) is 1.51. The molecule has 116 valence electrons. The Hall–Kier alpha value is -1.14. The van der Waals surface area contributed by atoms with Gasteiger partial charge in [0, 0.05) is 26.6 Å². The normalized spacial score (nSPS) is 22.0. The van der Waals surface area contributed by atoms with Crippen LogP contribution in [0.2, 0.25) is 0 Å². The van der Waals surface area contributed by atoms with E-state index in [2.05, 4.69) is 17.6 Å². The summed E-state index contributed by atoms with van der Waals surface area (Å²) in [6, 6.07) is -0.862. The second-order valence-corrected chi connectivity index (χ2v) is 5.53. The van der Waals surface area contributed by atoms with Gasteiger partial charge in [-0.15, -0.1) is 0 Å². The molecule has 1 heterocycles. The number of hydrogen-bond acceptors (Lipinski definition) is 4. The maximum Gasteiger partial charge on any atom is 0.326 e. The van der Waals surface area contributed by atoms with E-state index in [0.29, 0.717) is 18.9 Å². The monoisotopic (exact) mass is 286 g/mol. The second kappa shape index (κ2) is 8.92. The minimum absolute atomic E-state index is 0.188. The Balaban J connectivity index is 2.37. The number of piperidine rings is 1. The number of amides is 1. The van der Waals surface area contributed by atoms with Gasteiger partial charge in [0.1, 0.15) is 6.04 Å². The number of hydrogen-bond donors (Lipinski definition) is 3. The SMILES string of the molecule is COCCC(NC(=O)CC(C)C1CCCNC1)C(=O)O. The Morgan fingerprint density at radius 1 is 1.50 bits per heavy atom. The van der Waals surface area contributed by atoms with Crippen molar-refractivity contribution in [2.75, 3.05) is 26.8 Å². The van der Waals surface area contributed by atoms with Crippen LogP contribution < -0.4 is 10.6 Å². The lowest BCUT2D eigenvalue weighted by Crippen LogP contribution is -2.43. The molecule has 0 aliphatic carbocycles. The number of carboxylic acids is 1. The zero-order chi connectivity index (χ0) is 15.0. The first kappa shape index (κ1) is 16.9. The first-order chi connectivity index (χ1) is 9.54. The molecule has 3 atom stereocenters. The molecule has 3 N–H and O–H groups in total. The van der Waals surface area contributed by atoms with Gasteiger partial charge in [0.15, 0.2) is 0 Å². The molecule has 0 spiro atoms. The van der Waals surface area contributed by atoms with Crippen LogP contribution in [-0.4, -0.2) is 49.8 Å². The van der Waals surface area contributed by atoms with Gasteiger partial charge >= 0.3 is 5.97 Å². The summed E-state index contributed by atoms with van der Waals surface area (Å²) in [5.74, 6) is -0.439. The van der Waals surface area contributed by atoms with Crippen molar-refractivity contribution in [3.8, 4) is 0 Å². The van der Waals surface area contributed by atoms with E-state index in [9.17, 15) is 9.59 Å². The molecule has 0 bridgehead atoms. The third-order valence-corrected chi connectivity index (χ3v) is 3.89. The Labute approximate surface area is 120 Å². The molecule has 0 radical (unpaired) electrons. The fraction of sp³-hybridized carbons (Fsp3) is 0.857. The van der Waals surface area contributed by atoms with E-state index >= 15 is 0 Å². The van der Waals surface area contributed by atoms with Gasteiger partial charge < -0.3 is 20.5 Å². The van der Waals surface area contributed by atoms with Crippen molar-refractivity contribution in [2.24, 2.45) is 11.8 Å². The van der Waals surface area contributed by atoms with Gasteiger partial charge in [0.25, 0.3) is 0 Å². The van der Waals surface area contributed by atoms with Crippen LogP contribution in [0.25, 0.3) is 0 Å². The number of carbonyl (C=O) groups is 2. The number of aliphatic carboxylic acids is 1. The maximum atomic E-state index is 11.9. The molecule has 0 aromatic carbocycles. The van der Waals surface area contributed by atoms with Crippen LogP contribution >= 0.6 is 0 Å². The lowest BCUT2D eigenvalue weighted by molar-refractivity contribution is -0.142. The summed E-state index contributed by atoms with van der Waals surface area (Å²) >= 11 is 0. The number of nitrogens with one attached hydrogen (secondary N) is 2. The summed E-state index contributed by atoms with van der Waals surface area (Å²) in [6.07, 6.45) is 2.94. The highest BCUT2D eigenvalue weighted by Crippen LogP contribution is 2.22. The summed E-state index contributed by atoms with van der Waals surface area (Å²) in [4.78, 5) is 23.0. The number of methoxy groups -OCH3 is 1. The second-order valence-electron chi connectivity index (χ2n) is 5.53. The molecule has 6 heteroatoms. The van der Waals surface area contributed by atoms with Gasteiger partial charge in [0.2, 0.25) is 5.91 Å². The van der Waals surface area contributed by atoms with Crippen molar-refractivity contribution in [1.82, 2.24) is 10.6 Å². The van der Waals surface area contributed by atoms with E-state index in [0.717, 1.165) is 25.9 Å². The summed E-state index contributed by atoms with van der Waals surface area (Å²) in [5.41, 5.74) is 0. The highest BCUT2D eigenvalue weighted by molar-refractivity contribution is 5.83. The van der Waals surface area contributed by atoms with Gasteiger partial charge in [-0.3, -0.25) is 4.79 Å². The Morgan fingerprint density at radius 3 is 2.80 bits per heavy atom. The number of ether oxygens (including phenoxy) is 1. The fourth-order valence-corrected chi connectivity index (χ4v) is 2.57. The van der Waals surface area contributed by atoms with E-state index in [1.54, 1.807) is 0 Å². The molecule has 1 saturated heterocycles. The molecule has 0 saturated carbocycles. The first-order valence-corrected chi connectivity index (χ1v) is 7.26. The molecule has 0 aromatic heterocycles. The van der Waals surface area contributed by atoms with Crippen LogP contribution in [0.1, 0.15) is 32.6 Å². The van der Waals surface area contributed by atoms with Crippen molar-refractivity contribution >= 4 is 11.9 Å². The molecule has 1 rings (SSSR count). The van der Waals surface area contributed by atoms with Crippen molar-refractivity contribution < 1.29 is 19.4 Å². The highest BCUT2D eigenvalue weighted by atomic mass is 16.5. The van der Waals surface area contributed by atoms with Crippen LogP contribution in [-0.2, 0) is 14.3 Å². The minimum Gasteiger partial charge on any atom is -0.480 e. The summed E-state index contributed by atoms with van der Waals surface area (Å²) in [6.45, 7) is 4.37. The van der Waals surface area contributed by atoms with Crippen molar-refractivity contribution in [1.29, 1.82) is 0 Å². The largest absolute Gasteiger partial charge is 0.480 e. The molecule has 3 unspecified atom stereocenters. The molecule has 1 aliphatic rings. The predicted molar refractivity (Wildman–Crippen MR) is 75.4 cm³/mol. The van der Waals surface area contributed by atoms with Crippen LogP contribution in [0.15, 0.2) is 0 Å². The molecule has 1 aliphatic heterocycles. The van der Waals surface area contributed by atoms with E-state index in [1.807, 2.05) is 0 Å². The van der Waals surface area contributed by atoms with E-state index < -0.39 is 12.0 Å². The lowest BCUT2D eigenvalue weighted by Gasteiger charge is -2.28. The predicted octanol–water partition coefficient (Wildman–Crippen LogP) is 0.618. The van der Waals surface area contributed by atoms with Crippen LogP contribution in [0, 0.1) is 11.8 Å². The quantitative estimate of drug-likeness (QED) is 0.609. The standard InChI is InChI=1S/C14H26N2O4/c1-10(11-4-3-6-15-9-11)8-13(17)16-12(14(18)19)5-7-20-2/h10-12,15H,3-9H2,1-2H3,(H,16,17)(H,18,19).